The summed E-state index contributed by atoms with van der Waals surface area (Å²) in [6.45, 7) is 10.1. The molecule has 1 aromatic rings. The molecular weight excluding hydrogens is 500 g/mol. The van der Waals surface area contributed by atoms with Crippen molar-refractivity contribution in [1.29, 1.82) is 0 Å². The van der Waals surface area contributed by atoms with Crippen LogP contribution in [0.15, 0.2) is 49.6 Å². The van der Waals surface area contributed by atoms with Crippen LogP contribution in [0.5, 0.6) is 5.75 Å². The highest BCUT2D eigenvalue weighted by molar-refractivity contribution is 6.04. The third-order valence-electron chi connectivity index (χ3n) is 8.33. The zero-order chi connectivity index (χ0) is 28.2. The Labute approximate surface area is 230 Å². The average Bonchev–Trinajstić information content (AvgIpc) is 3.50. The minimum Gasteiger partial charge on any atom is -0.497 e. The molecule has 3 saturated heterocycles. The monoisotopic (exact) mass is 540 g/mol. The van der Waals surface area contributed by atoms with Crippen molar-refractivity contribution in [2.45, 2.75) is 62.7 Å². The number of carbonyl (C=O) groups excluding carboxylic acids is 3. The number of ether oxygens (including phenoxy) is 3. The van der Waals surface area contributed by atoms with Gasteiger partial charge in [-0.05, 0) is 69.7 Å². The number of aliphatic hydroxyl groups is 1. The molecule has 39 heavy (non-hydrogen) atoms. The second-order valence-electron chi connectivity index (χ2n) is 10.7. The van der Waals surface area contributed by atoms with Gasteiger partial charge in [0.2, 0.25) is 5.91 Å². The van der Waals surface area contributed by atoms with Crippen molar-refractivity contribution < 1.29 is 33.7 Å². The van der Waals surface area contributed by atoms with Crippen LogP contribution in [0.3, 0.4) is 0 Å². The number of carbonyl (C=O) groups is 3. The number of amides is 2. The van der Waals surface area contributed by atoms with Crippen molar-refractivity contribution in [1.82, 2.24) is 4.90 Å². The molecule has 3 aliphatic rings. The number of allylic oxidation sites excluding steroid dienone is 1. The van der Waals surface area contributed by atoms with Crippen LogP contribution in [0.2, 0.25) is 0 Å². The van der Waals surface area contributed by atoms with Gasteiger partial charge < -0.3 is 29.1 Å². The number of fused-ring (bicyclic) bond motifs is 1. The molecule has 1 aromatic carbocycles. The molecule has 0 radical (unpaired) electrons. The molecule has 9 nitrogen and oxygen atoms in total. The predicted octanol–water partition coefficient (Wildman–Crippen LogP) is 3.26. The molecule has 212 valence electrons. The quantitative estimate of drug-likeness (QED) is 0.219. The molecule has 2 amide bonds. The van der Waals surface area contributed by atoms with E-state index in [2.05, 4.69) is 13.2 Å². The van der Waals surface area contributed by atoms with Gasteiger partial charge in [0.25, 0.3) is 5.91 Å². The smallest absolute Gasteiger partial charge is 0.312 e. The van der Waals surface area contributed by atoms with Gasteiger partial charge in [0.1, 0.15) is 23.3 Å². The maximum Gasteiger partial charge on any atom is 0.312 e. The summed E-state index contributed by atoms with van der Waals surface area (Å²) in [7, 11) is 1.57. The first-order chi connectivity index (χ1) is 18.8. The molecular formula is C30H40N2O7. The van der Waals surface area contributed by atoms with E-state index in [1.807, 2.05) is 6.92 Å². The third kappa shape index (κ3) is 5.10. The van der Waals surface area contributed by atoms with Crippen LogP contribution in [0.1, 0.15) is 45.4 Å². The number of hydrogen-bond donors (Lipinski definition) is 1. The molecule has 1 spiro atoms. The Bertz CT molecular complexity index is 1090. The van der Waals surface area contributed by atoms with Gasteiger partial charge in [-0.15, -0.1) is 13.2 Å². The van der Waals surface area contributed by atoms with Crippen LogP contribution < -0.4 is 9.64 Å². The first kappa shape index (κ1) is 28.8. The lowest BCUT2D eigenvalue weighted by Gasteiger charge is -2.36. The molecule has 5 atom stereocenters. The molecule has 0 aliphatic carbocycles. The third-order valence-corrected chi connectivity index (χ3v) is 8.33. The number of hydrogen-bond acceptors (Lipinski definition) is 7. The van der Waals surface area contributed by atoms with E-state index >= 15 is 0 Å². The minimum absolute atomic E-state index is 0.0160. The fourth-order valence-corrected chi connectivity index (χ4v) is 6.55. The van der Waals surface area contributed by atoms with Crippen LogP contribution in [0.4, 0.5) is 5.69 Å². The summed E-state index contributed by atoms with van der Waals surface area (Å²) in [5.41, 5.74) is -1.39. The van der Waals surface area contributed by atoms with Crippen molar-refractivity contribution in [3.8, 4) is 5.75 Å². The molecule has 1 N–H and O–H groups in total. The second-order valence-corrected chi connectivity index (χ2v) is 10.7. The number of nitrogens with zero attached hydrogens (tertiary/aromatic N) is 2. The fourth-order valence-electron chi connectivity index (χ4n) is 6.55. The first-order valence-electron chi connectivity index (χ1n) is 13.7. The van der Waals surface area contributed by atoms with Crippen LogP contribution in [-0.2, 0) is 23.9 Å². The van der Waals surface area contributed by atoms with E-state index in [1.165, 1.54) is 0 Å². The number of anilines is 1. The molecule has 0 saturated carbocycles. The summed E-state index contributed by atoms with van der Waals surface area (Å²) in [4.78, 5) is 45.1. The molecule has 3 heterocycles. The fraction of sp³-hybridized carbons (Fsp3) is 0.567. The topological polar surface area (TPSA) is 106 Å². The van der Waals surface area contributed by atoms with Crippen molar-refractivity contribution in [2.75, 3.05) is 38.3 Å². The summed E-state index contributed by atoms with van der Waals surface area (Å²) in [5.74, 6) is -1.96. The molecule has 0 aromatic heterocycles. The number of likely N-dealkylation sites (tertiary alicyclic amines) is 1. The number of aliphatic hydroxyl groups excluding tert-OH is 1. The van der Waals surface area contributed by atoms with Crippen molar-refractivity contribution >= 4 is 23.5 Å². The van der Waals surface area contributed by atoms with E-state index < -0.39 is 35.0 Å². The lowest BCUT2D eigenvalue weighted by atomic mass is 9.66. The highest BCUT2D eigenvalue weighted by Crippen LogP contribution is 2.63. The Hall–Kier alpha value is -3.17. The molecule has 3 aliphatic heterocycles. The largest absolute Gasteiger partial charge is 0.497 e. The Kier molecular flexibility index (Phi) is 8.81. The maximum atomic E-state index is 14.4. The van der Waals surface area contributed by atoms with E-state index in [4.69, 9.17) is 14.2 Å². The summed E-state index contributed by atoms with van der Waals surface area (Å²) in [6, 6.07) is 6.21. The van der Waals surface area contributed by atoms with E-state index in [9.17, 15) is 19.5 Å². The standard InChI is InChI=1S/C30H40N2O7/c1-5-7-10-20-38-28(36)24-23-26(34)32(18-8-9-19-33)25(30(23)16-15-29(24,3)39-30)27(35)31(17-6-2)21-11-13-22(37-4)14-12-21/h5-6,11-14,23-25,33H,1-2,7-10,15-20H2,3-4H3/t23-,24-,25?,29+,30?/m0/s1. The summed E-state index contributed by atoms with van der Waals surface area (Å²) < 4.78 is 17.5. The Morgan fingerprint density at radius 1 is 1.18 bits per heavy atom. The van der Waals surface area contributed by atoms with Gasteiger partial charge in [-0.3, -0.25) is 14.4 Å². The number of unbranched alkanes of at least 4 members (excludes halogenated alkanes) is 2. The van der Waals surface area contributed by atoms with Crippen LogP contribution in [0.25, 0.3) is 0 Å². The van der Waals surface area contributed by atoms with Gasteiger partial charge in [0, 0.05) is 25.4 Å². The van der Waals surface area contributed by atoms with E-state index in [0.717, 1.165) is 6.42 Å². The summed E-state index contributed by atoms with van der Waals surface area (Å²) in [6.07, 6.45) is 6.82. The van der Waals surface area contributed by atoms with Gasteiger partial charge in [0.15, 0.2) is 0 Å². The molecule has 2 unspecified atom stereocenters. The van der Waals surface area contributed by atoms with Crippen LogP contribution in [-0.4, -0.2) is 78.4 Å². The molecule has 2 bridgehead atoms. The Morgan fingerprint density at radius 3 is 2.56 bits per heavy atom. The van der Waals surface area contributed by atoms with Gasteiger partial charge >= 0.3 is 5.97 Å². The van der Waals surface area contributed by atoms with Crippen molar-refractivity contribution in [3.05, 3.63) is 49.6 Å². The average molecular weight is 541 g/mol. The van der Waals surface area contributed by atoms with Gasteiger partial charge in [-0.2, -0.15) is 0 Å². The van der Waals surface area contributed by atoms with Gasteiger partial charge in [0.05, 0.1) is 25.2 Å². The number of methoxy groups -OCH3 is 1. The highest BCUT2D eigenvalue weighted by Gasteiger charge is 2.78. The van der Waals surface area contributed by atoms with E-state index in [1.54, 1.807) is 53.3 Å². The zero-order valence-electron chi connectivity index (χ0n) is 23.0. The van der Waals surface area contributed by atoms with E-state index in [0.29, 0.717) is 43.5 Å². The lowest BCUT2D eigenvalue weighted by Crippen LogP contribution is -2.56. The number of esters is 1. The van der Waals surface area contributed by atoms with Gasteiger partial charge in [-0.1, -0.05) is 12.2 Å². The SMILES string of the molecule is C=CCCCOC(=O)[C@@H]1[C@H]2C(=O)N(CCCCO)C(C(=O)N(CC=C)c3ccc(OC)cc3)C23CC[C@@]1(C)O3. The zero-order valence-corrected chi connectivity index (χ0v) is 23.0. The van der Waals surface area contributed by atoms with E-state index in [-0.39, 0.29) is 38.1 Å². The first-order valence-corrected chi connectivity index (χ1v) is 13.7. The molecule has 4 rings (SSSR count). The highest BCUT2D eigenvalue weighted by atomic mass is 16.6. The number of rotatable bonds is 14. The number of benzene rings is 1. The van der Waals surface area contributed by atoms with Crippen LogP contribution in [0, 0.1) is 11.8 Å². The Morgan fingerprint density at radius 2 is 1.92 bits per heavy atom. The van der Waals surface area contributed by atoms with Crippen LogP contribution >= 0.6 is 0 Å². The predicted molar refractivity (Wildman–Crippen MR) is 146 cm³/mol. The van der Waals surface area contributed by atoms with Crippen molar-refractivity contribution in [2.24, 2.45) is 11.8 Å². The summed E-state index contributed by atoms with van der Waals surface area (Å²) >= 11 is 0. The molecule has 9 heteroatoms. The second kappa shape index (κ2) is 11.9. The summed E-state index contributed by atoms with van der Waals surface area (Å²) in [5, 5.41) is 9.37. The van der Waals surface area contributed by atoms with Gasteiger partial charge in [-0.25, -0.2) is 0 Å². The molecule has 3 fully saturated rings. The maximum absolute atomic E-state index is 14.4. The normalized spacial score (nSPS) is 28.7. The minimum atomic E-state index is -1.14. The lowest BCUT2D eigenvalue weighted by molar-refractivity contribution is -0.159. The van der Waals surface area contributed by atoms with Crippen molar-refractivity contribution in [3.63, 3.8) is 0 Å². The Balaban J connectivity index is 1.71.